The first-order valence-electron chi connectivity index (χ1n) is 9.27. The molecule has 1 aliphatic rings. The molecule has 2 heterocycles. The van der Waals surface area contributed by atoms with Crippen LogP contribution >= 0.6 is 0 Å². The minimum absolute atomic E-state index is 0.0521. The highest BCUT2D eigenvalue weighted by molar-refractivity contribution is 5.76. The Bertz CT molecular complexity index is 774. The lowest BCUT2D eigenvalue weighted by molar-refractivity contribution is -0.121. The highest BCUT2D eigenvalue weighted by Gasteiger charge is 2.21. The molecule has 0 saturated carbocycles. The smallest absolute Gasteiger partial charge is 0.220 e. The van der Waals surface area contributed by atoms with Crippen molar-refractivity contribution in [3.05, 3.63) is 52.6 Å². The van der Waals surface area contributed by atoms with Crippen molar-refractivity contribution < 1.29 is 18.7 Å². The molecule has 1 aromatic carbocycles. The van der Waals surface area contributed by atoms with Gasteiger partial charge < -0.3 is 14.8 Å². The normalized spacial score (nSPS) is 14.6. The largest absolute Gasteiger partial charge is 0.383 e. The maximum Gasteiger partial charge on any atom is 0.220 e. The molecule has 0 saturated heterocycles. The number of rotatable bonds is 8. The third kappa shape index (κ3) is 4.93. The van der Waals surface area contributed by atoms with E-state index in [-0.39, 0.29) is 17.8 Å². The van der Waals surface area contributed by atoms with Crippen LogP contribution in [-0.4, -0.2) is 36.0 Å². The third-order valence-electron chi connectivity index (χ3n) is 4.82. The second-order valence-corrected chi connectivity index (χ2v) is 6.73. The molecule has 1 atom stereocenters. The van der Waals surface area contributed by atoms with Gasteiger partial charge in [-0.2, -0.15) is 5.10 Å². The zero-order valence-corrected chi connectivity index (χ0v) is 15.8. The summed E-state index contributed by atoms with van der Waals surface area (Å²) in [5, 5.41) is 7.64. The van der Waals surface area contributed by atoms with E-state index in [1.54, 1.807) is 19.2 Å². The van der Waals surface area contributed by atoms with Gasteiger partial charge in [0, 0.05) is 37.6 Å². The summed E-state index contributed by atoms with van der Waals surface area (Å²) < 4.78 is 25.7. The fourth-order valence-corrected chi connectivity index (χ4v) is 3.32. The number of amides is 1. The molecule has 0 radical (unpaired) electrons. The van der Waals surface area contributed by atoms with Crippen molar-refractivity contribution in [3.63, 3.8) is 0 Å². The zero-order valence-electron chi connectivity index (χ0n) is 15.8. The van der Waals surface area contributed by atoms with E-state index in [9.17, 15) is 9.18 Å². The van der Waals surface area contributed by atoms with Crippen LogP contribution in [-0.2, 0) is 40.3 Å². The van der Waals surface area contributed by atoms with Crippen LogP contribution in [0.1, 0.15) is 41.9 Å². The number of halogens is 1. The number of carbonyl (C=O) groups is 1. The maximum atomic E-state index is 13.0. The number of benzene rings is 1. The van der Waals surface area contributed by atoms with Gasteiger partial charge in [0.15, 0.2) is 0 Å². The molecule has 3 rings (SSSR count). The number of fused-ring (bicyclic) bond motifs is 1. The van der Waals surface area contributed by atoms with Gasteiger partial charge in [-0.15, -0.1) is 0 Å². The number of hydrogen-bond acceptors (Lipinski definition) is 4. The summed E-state index contributed by atoms with van der Waals surface area (Å²) in [6.45, 7) is 4.43. The Morgan fingerprint density at radius 1 is 1.41 bits per heavy atom. The number of carbonyl (C=O) groups excluding carboxylic acids is 1. The van der Waals surface area contributed by atoms with Gasteiger partial charge in [-0.1, -0.05) is 12.1 Å². The number of methoxy groups -OCH3 is 1. The quantitative estimate of drug-likeness (QED) is 0.770. The van der Waals surface area contributed by atoms with Crippen LogP contribution < -0.4 is 5.32 Å². The van der Waals surface area contributed by atoms with Crippen molar-refractivity contribution in [2.75, 3.05) is 20.3 Å². The van der Waals surface area contributed by atoms with Gasteiger partial charge in [-0.25, -0.2) is 4.39 Å². The van der Waals surface area contributed by atoms with Crippen LogP contribution in [0.25, 0.3) is 0 Å². The Balaban J connectivity index is 1.59. The summed E-state index contributed by atoms with van der Waals surface area (Å²) in [5.74, 6) is -0.336. The lowest BCUT2D eigenvalue weighted by Crippen LogP contribution is -2.27. The number of aryl methyl sites for hydroxylation is 1. The fourth-order valence-electron chi connectivity index (χ4n) is 3.32. The molecule has 1 unspecified atom stereocenters. The molecule has 1 amide bonds. The molecule has 0 aliphatic carbocycles. The van der Waals surface area contributed by atoms with E-state index in [1.165, 1.54) is 17.8 Å². The Kier molecular flexibility index (Phi) is 6.58. The summed E-state index contributed by atoms with van der Waals surface area (Å²) in [7, 11) is 1.67. The highest BCUT2D eigenvalue weighted by atomic mass is 19.1. The van der Waals surface area contributed by atoms with Gasteiger partial charge >= 0.3 is 0 Å². The van der Waals surface area contributed by atoms with Crippen LogP contribution in [0.2, 0.25) is 0 Å². The van der Waals surface area contributed by atoms with Crippen LogP contribution in [0.15, 0.2) is 24.3 Å². The number of nitrogens with one attached hydrogen (secondary N) is 1. The van der Waals surface area contributed by atoms with E-state index < -0.39 is 0 Å². The van der Waals surface area contributed by atoms with Crippen molar-refractivity contribution in [1.29, 1.82) is 0 Å². The first kappa shape index (κ1) is 19.5. The predicted octanol–water partition coefficient (Wildman–Crippen LogP) is 2.55. The van der Waals surface area contributed by atoms with Gasteiger partial charge in [-0.05, 0) is 24.6 Å². The SMILES string of the molecule is COCCn1nc(CCC(=O)NC(C)c2ccc(F)cc2)c2c1CCOC2. The number of aromatic nitrogens is 2. The lowest BCUT2D eigenvalue weighted by Gasteiger charge is -2.15. The molecule has 1 aromatic heterocycles. The van der Waals surface area contributed by atoms with Crippen LogP contribution in [0.5, 0.6) is 0 Å². The predicted molar refractivity (Wildman–Crippen MR) is 98.7 cm³/mol. The second-order valence-electron chi connectivity index (χ2n) is 6.73. The molecular formula is C20H26FN3O3. The van der Waals surface area contributed by atoms with Crippen LogP contribution in [0, 0.1) is 5.82 Å². The Morgan fingerprint density at radius 3 is 2.93 bits per heavy atom. The fraction of sp³-hybridized carbons (Fsp3) is 0.500. The third-order valence-corrected chi connectivity index (χ3v) is 4.82. The standard InChI is InChI=1S/C20H26FN3O3/c1-14(15-3-5-16(21)6-4-15)22-20(25)8-7-18-17-13-27-11-9-19(17)24(23-18)10-12-26-2/h3-6,14H,7-13H2,1-2H3,(H,22,25). The molecule has 1 aliphatic heterocycles. The van der Waals surface area contributed by atoms with Crippen molar-refractivity contribution >= 4 is 5.91 Å². The van der Waals surface area contributed by atoms with Gasteiger partial charge in [0.05, 0.1) is 38.1 Å². The molecule has 2 aromatic rings. The van der Waals surface area contributed by atoms with E-state index in [2.05, 4.69) is 10.4 Å². The first-order chi connectivity index (χ1) is 13.1. The van der Waals surface area contributed by atoms with E-state index in [0.29, 0.717) is 39.2 Å². The molecule has 27 heavy (non-hydrogen) atoms. The summed E-state index contributed by atoms with van der Waals surface area (Å²) in [6.07, 6.45) is 1.74. The second kappa shape index (κ2) is 9.10. The van der Waals surface area contributed by atoms with Crippen molar-refractivity contribution in [2.24, 2.45) is 0 Å². The van der Waals surface area contributed by atoms with Crippen molar-refractivity contribution in [1.82, 2.24) is 15.1 Å². The van der Waals surface area contributed by atoms with E-state index in [4.69, 9.17) is 9.47 Å². The Hall–Kier alpha value is -2.25. The monoisotopic (exact) mass is 375 g/mol. The van der Waals surface area contributed by atoms with Gasteiger partial charge in [-0.3, -0.25) is 9.48 Å². The summed E-state index contributed by atoms with van der Waals surface area (Å²) in [6, 6.07) is 6.00. The summed E-state index contributed by atoms with van der Waals surface area (Å²) in [5.41, 5.74) is 4.09. The minimum atomic E-state index is -0.284. The minimum Gasteiger partial charge on any atom is -0.383 e. The molecule has 0 spiro atoms. The maximum absolute atomic E-state index is 13.0. The molecule has 7 heteroatoms. The number of ether oxygens (including phenoxy) is 2. The molecule has 1 N–H and O–H groups in total. The van der Waals surface area contributed by atoms with Crippen LogP contribution in [0.3, 0.4) is 0 Å². The van der Waals surface area contributed by atoms with Gasteiger partial charge in [0.1, 0.15) is 5.82 Å². The number of hydrogen-bond donors (Lipinski definition) is 1. The van der Waals surface area contributed by atoms with E-state index in [0.717, 1.165) is 23.2 Å². The van der Waals surface area contributed by atoms with E-state index in [1.807, 2.05) is 11.6 Å². The first-order valence-corrected chi connectivity index (χ1v) is 9.27. The lowest BCUT2D eigenvalue weighted by atomic mass is 10.1. The molecular weight excluding hydrogens is 349 g/mol. The average molecular weight is 375 g/mol. The number of nitrogens with zero attached hydrogens (tertiary/aromatic N) is 2. The van der Waals surface area contributed by atoms with Crippen molar-refractivity contribution in [3.8, 4) is 0 Å². The van der Waals surface area contributed by atoms with Gasteiger partial charge in [0.25, 0.3) is 0 Å². The van der Waals surface area contributed by atoms with E-state index >= 15 is 0 Å². The topological polar surface area (TPSA) is 65.4 Å². The average Bonchev–Trinajstić information content (AvgIpc) is 3.03. The molecule has 0 fully saturated rings. The summed E-state index contributed by atoms with van der Waals surface area (Å²) >= 11 is 0. The zero-order chi connectivity index (χ0) is 19.2. The Labute approximate surface area is 158 Å². The summed E-state index contributed by atoms with van der Waals surface area (Å²) in [4.78, 5) is 12.3. The molecule has 0 bridgehead atoms. The highest BCUT2D eigenvalue weighted by Crippen LogP contribution is 2.22. The van der Waals surface area contributed by atoms with Crippen LogP contribution in [0.4, 0.5) is 4.39 Å². The molecule has 146 valence electrons. The van der Waals surface area contributed by atoms with Crippen molar-refractivity contribution in [2.45, 2.75) is 45.4 Å². The van der Waals surface area contributed by atoms with Gasteiger partial charge in [0.2, 0.25) is 5.91 Å². The Morgan fingerprint density at radius 2 is 2.19 bits per heavy atom. The molecule has 6 nitrogen and oxygen atoms in total.